The zero-order chi connectivity index (χ0) is 35.0. The molecule has 2 aliphatic rings. The van der Waals surface area contributed by atoms with Gasteiger partial charge in [0.2, 0.25) is 0 Å². The number of ether oxygens (including phenoxy) is 2. The lowest BCUT2D eigenvalue weighted by molar-refractivity contribution is 0.00578. The highest BCUT2D eigenvalue weighted by atomic mass is 16.7. The summed E-state index contributed by atoms with van der Waals surface area (Å²) < 4.78 is 39.1. The maximum Gasteiger partial charge on any atom is 0.494 e. The minimum absolute atomic E-state index is 0.438. The van der Waals surface area contributed by atoms with Gasteiger partial charge in [0.05, 0.1) is 35.6 Å². The van der Waals surface area contributed by atoms with Crippen LogP contribution in [0.1, 0.15) is 146 Å². The molecule has 2 heterocycles. The van der Waals surface area contributed by atoms with E-state index >= 15 is 0 Å². The Morgan fingerprint density at radius 1 is 0.458 bits per heavy atom. The van der Waals surface area contributed by atoms with E-state index in [9.17, 15) is 0 Å². The molecule has 4 rings (SSSR count). The molecule has 2 fully saturated rings. The Balaban J connectivity index is 1.68. The van der Waals surface area contributed by atoms with Gasteiger partial charge >= 0.3 is 14.2 Å². The molecule has 0 N–H and O–H groups in total. The molecular formula is C40H64B2O6. The van der Waals surface area contributed by atoms with Crippen LogP contribution in [0.2, 0.25) is 0 Å². The summed E-state index contributed by atoms with van der Waals surface area (Å²) in [6.45, 7) is 22.6. The average molecular weight is 663 g/mol. The zero-order valence-electron chi connectivity index (χ0n) is 32.0. The van der Waals surface area contributed by atoms with E-state index in [1.165, 1.54) is 64.2 Å². The third-order valence-corrected chi connectivity index (χ3v) is 10.9. The molecule has 8 heteroatoms. The molecule has 0 saturated carbocycles. The molecule has 0 aliphatic carbocycles. The summed E-state index contributed by atoms with van der Waals surface area (Å²) in [6, 6.07) is 12.6. The first-order valence-electron chi connectivity index (χ1n) is 19.0. The Bertz CT molecular complexity index is 1180. The van der Waals surface area contributed by atoms with E-state index < -0.39 is 36.6 Å². The first-order valence-corrected chi connectivity index (χ1v) is 19.0. The van der Waals surface area contributed by atoms with E-state index in [0.717, 1.165) is 46.4 Å². The van der Waals surface area contributed by atoms with Crippen molar-refractivity contribution in [1.82, 2.24) is 0 Å². The van der Waals surface area contributed by atoms with Gasteiger partial charge in [0.25, 0.3) is 0 Å². The van der Waals surface area contributed by atoms with Crippen LogP contribution in [-0.4, -0.2) is 49.9 Å². The van der Waals surface area contributed by atoms with Gasteiger partial charge in [0, 0.05) is 11.1 Å². The van der Waals surface area contributed by atoms with Crippen LogP contribution in [0.25, 0.3) is 11.1 Å². The highest BCUT2D eigenvalue weighted by molar-refractivity contribution is 6.63. The third kappa shape index (κ3) is 9.62. The summed E-state index contributed by atoms with van der Waals surface area (Å²) in [5.41, 5.74) is 2.09. The monoisotopic (exact) mass is 662 g/mol. The number of hydrogen-bond acceptors (Lipinski definition) is 6. The predicted molar refractivity (Wildman–Crippen MR) is 201 cm³/mol. The van der Waals surface area contributed by atoms with E-state index in [-0.39, 0.29) is 0 Å². The molecule has 0 aromatic heterocycles. The lowest BCUT2D eigenvalue weighted by Crippen LogP contribution is -2.41. The van der Waals surface area contributed by atoms with Crippen LogP contribution in [0, 0.1) is 0 Å². The molecule has 48 heavy (non-hydrogen) atoms. The molecule has 0 radical (unpaired) electrons. The summed E-state index contributed by atoms with van der Waals surface area (Å²) in [5.74, 6) is 1.67. The van der Waals surface area contributed by atoms with Gasteiger partial charge < -0.3 is 28.1 Å². The Morgan fingerprint density at radius 3 is 1.10 bits per heavy atom. The second-order valence-corrected chi connectivity index (χ2v) is 15.9. The predicted octanol–water partition coefficient (Wildman–Crippen LogP) is 9.43. The van der Waals surface area contributed by atoms with Gasteiger partial charge in [-0.25, -0.2) is 0 Å². The highest BCUT2D eigenvalue weighted by Crippen LogP contribution is 2.41. The van der Waals surface area contributed by atoms with Gasteiger partial charge in [-0.3, -0.25) is 0 Å². The Labute approximate surface area is 293 Å². The van der Waals surface area contributed by atoms with Crippen LogP contribution in [0.4, 0.5) is 0 Å². The van der Waals surface area contributed by atoms with Crippen molar-refractivity contribution in [2.45, 2.75) is 169 Å². The quantitative estimate of drug-likeness (QED) is 0.110. The SMILES string of the molecule is CCCCCCCCOc1ccc(B2OC(C)(C)C(C)(C)O2)cc1-c1cc(B2OC(C)(C)C(C)(C)O2)ccc1OCCCCCCCC. The average Bonchev–Trinajstić information content (AvgIpc) is 3.39. The van der Waals surface area contributed by atoms with Crippen LogP contribution in [-0.2, 0) is 18.6 Å². The van der Waals surface area contributed by atoms with E-state index in [4.69, 9.17) is 28.1 Å². The number of benzene rings is 2. The van der Waals surface area contributed by atoms with Crippen molar-refractivity contribution in [1.29, 1.82) is 0 Å². The molecule has 0 bridgehead atoms. The smallest absolute Gasteiger partial charge is 0.493 e. The summed E-state index contributed by atoms with van der Waals surface area (Å²) >= 11 is 0. The van der Waals surface area contributed by atoms with Gasteiger partial charge in [-0.15, -0.1) is 0 Å². The maximum absolute atomic E-state index is 6.57. The normalized spacial score (nSPS) is 19.2. The van der Waals surface area contributed by atoms with E-state index in [2.05, 4.69) is 106 Å². The highest BCUT2D eigenvalue weighted by Gasteiger charge is 2.53. The van der Waals surface area contributed by atoms with Crippen LogP contribution in [0.5, 0.6) is 11.5 Å². The summed E-state index contributed by atoms with van der Waals surface area (Å²) in [5, 5.41) is 0. The van der Waals surface area contributed by atoms with E-state index in [1.54, 1.807) is 0 Å². The van der Waals surface area contributed by atoms with Crippen molar-refractivity contribution in [3.05, 3.63) is 36.4 Å². The maximum atomic E-state index is 6.57. The van der Waals surface area contributed by atoms with Gasteiger partial charge in [-0.1, -0.05) is 102 Å². The number of rotatable bonds is 19. The van der Waals surface area contributed by atoms with Crippen molar-refractivity contribution in [3.8, 4) is 22.6 Å². The molecule has 2 aromatic rings. The molecule has 0 unspecified atom stereocenters. The lowest BCUT2D eigenvalue weighted by atomic mass is 9.75. The third-order valence-electron chi connectivity index (χ3n) is 10.9. The number of hydrogen-bond donors (Lipinski definition) is 0. The van der Waals surface area contributed by atoms with Crippen molar-refractivity contribution in [3.63, 3.8) is 0 Å². The Morgan fingerprint density at radius 2 is 0.771 bits per heavy atom. The molecule has 2 aliphatic heterocycles. The van der Waals surface area contributed by atoms with Crippen LogP contribution in [0.3, 0.4) is 0 Å². The van der Waals surface area contributed by atoms with Crippen LogP contribution < -0.4 is 20.4 Å². The van der Waals surface area contributed by atoms with Crippen LogP contribution in [0.15, 0.2) is 36.4 Å². The van der Waals surface area contributed by atoms with Crippen LogP contribution >= 0.6 is 0 Å². The summed E-state index contributed by atoms with van der Waals surface area (Å²) in [6.07, 6.45) is 14.6. The fraction of sp³-hybridized carbons (Fsp3) is 0.700. The number of unbranched alkanes of at least 4 members (excludes halogenated alkanes) is 10. The Hall–Kier alpha value is -1.99. The second kappa shape index (κ2) is 16.8. The topological polar surface area (TPSA) is 55.4 Å². The van der Waals surface area contributed by atoms with Crippen molar-refractivity contribution < 1.29 is 28.1 Å². The van der Waals surface area contributed by atoms with Gasteiger partial charge in [-0.2, -0.15) is 0 Å². The molecular weight excluding hydrogens is 598 g/mol. The van der Waals surface area contributed by atoms with Crippen molar-refractivity contribution in [2.24, 2.45) is 0 Å². The largest absolute Gasteiger partial charge is 0.494 e. The molecule has 2 aromatic carbocycles. The van der Waals surface area contributed by atoms with Gasteiger partial charge in [0.1, 0.15) is 11.5 Å². The van der Waals surface area contributed by atoms with Crippen molar-refractivity contribution in [2.75, 3.05) is 13.2 Å². The molecule has 0 spiro atoms. The molecule has 2 saturated heterocycles. The van der Waals surface area contributed by atoms with E-state index in [1.807, 2.05) is 0 Å². The summed E-state index contributed by atoms with van der Waals surface area (Å²) in [7, 11) is -0.972. The lowest BCUT2D eigenvalue weighted by Gasteiger charge is -2.32. The van der Waals surface area contributed by atoms with Gasteiger partial charge in [0.15, 0.2) is 0 Å². The van der Waals surface area contributed by atoms with E-state index in [0.29, 0.717) is 13.2 Å². The molecule has 0 atom stereocenters. The molecule has 0 amide bonds. The van der Waals surface area contributed by atoms with Gasteiger partial charge in [-0.05, 0) is 91.3 Å². The zero-order valence-corrected chi connectivity index (χ0v) is 32.0. The minimum atomic E-state index is -0.486. The first kappa shape index (κ1) is 38.8. The van der Waals surface area contributed by atoms with Crippen molar-refractivity contribution >= 4 is 25.2 Å². The standard InChI is InChI=1S/C40H64B2O6/c1-11-13-15-17-19-21-27-43-35-25-23-31(41-45-37(3,4)38(5,6)46-41)29-33(35)34-30-32(42-47-39(7,8)40(9,10)48-42)24-26-36(34)44-28-22-20-18-16-14-12-2/h23-26,29-30H,11-22,27-28H2,1-10H3. The fourth-order valence-corrected chi connectivity index (χ4v) is 6.15. The Kier molecular flexibility index (Phi) is 13.6. The first-order chi connectivity index (χ1) is 22.7. The molecule has 6 nitrogen and oxygen atoms in total. The molecule has 266 valence electrons. The summed E-state index contributed by atoms with van der Waals surface area (Å²) in [4.78, 5) is 0. The second-order valence-electron chi connectivity index (χ2n) is 15.9. The fourth-order valence-electron chi connectivity index (χ4n) is 6.15. The minimum Gasteiger partial charge on any atom is -0.493 e.